The molecule has 0 bridgehead atoms. The first-order chi connectivity index (χ1) is 8.15. The molecular formula is C16H22O. The lowest BCUT2D eigenvalue weighted by molar-refractivity contribution is 0.0741. The summed E-state index contributed by atoms with van der Waals surface area (Å²) in [6, 6.07) is 6.51. The van der Waals surface area contributed by atoms with Crippen molar-refractivity contribution in [3.8, 4) is 0 Å². The van der Waals surface area contributed by atoms with Gasteiger partial charge in [0.1, 0.15) is 0 Å². The third-order valence-corrected chi connectivity index (χ3v) is 2.61. The van der Waals surface area contributed by atoms with Crippen LogP contribution in [0.15, 0.2) is 43.0 Å². The number of ether oxygens (including phenoxy) is 1. The lowest BCUT2D eigenvalue weighted by Gasteiger charge is -2.12. The second-order valence-electron chi connectivity index (χ2n) is 4.39. The summed E-state index contributed by atoms with van der Waals surface area (Å²) in [5, 5.41) is 0. The average Bonchev–Trinajstić information content (AvgIpc) is 2.28. The zero-order valence-electron chi connectivity index (χ0n) is 11.1. The van der Waals surface area contributed by atoms with E-state index in [1.165, 1.54) is 16.7 Å². The van der Waals surface area contributed by atoms with Crippen LogP contribution >= 0.6 is 0 Å². The van der Waals surface area contributed by atoms with Crippen LogP contribution in [0, 0.1) is 13.8 Å². The Bertz CT molecular complexity index is 370. The number of rotatable bonds is 6. The van der Waals surface area contributed by atoms with Gasteiger partial charge >= 0.3 is 0 Å². The third-order valence-electron chi connectivity index (χ3n) is 2.61. The van der Waals surface area contributed by atoms with Crippen LogP contribution < -0.4 is 0 Å². The molecule has 1 atom stereocenters. The Kier molecular flexibility index (Phi) is 5.71. The molecule has 1 aromatic rings. The molecule has 0 heterocycles. The number of aryl methyl sites for hydroxylation is 2. The van der Waals surface area contributed by atoms with Crippen molar-refractivity contribution in [3.63, 3.8) is 0 Å². The predicted octanol–water partition coefficient (Wildman–Crippen LogP) is 4.34. The molecule has 0 radical (unpaired) electrons. The van der Waals surface area contributed by atoms with Crippen LogP contribution in [0.25, 0.3) is 0 Å². The smallest absolute Gasteiger partial charge is 0.0792 e. The molecule has 0 aliphatic carbocycles. The van der Waals surface area contributed by atoms with Crippen molar-refractivity contribution in [1.29, 1.82) is 0 Å². The normalized spacial score (nSPS) is 12.9. The Balaban J connectivity index is 2.56. The summed E-state index contributed by atoms with van der Waals surface area (Å²) in [4.78, 5) is 0. The molecule has 0 aliphatic heterocycles. The van der Waals surface area contributed by atoms with E-state index in [0.717, 1.165) is 6.42 Å². The predicted molar refractivity (Wildman–Crippen MR) is 74.1 cm³/mol. The molecule has 0 fully saturated rings. The summed E-state index contributed by atoms with van der Waals surface area (Å²) in [6.07, 6.45) is 7.00. The maximum atomic E-state index is 5.82. The van der Waals surface area contributed by atoms with Gasteiger partial charge in [-0.15, -0.1) is 6.58 Å². The van der Waals surface area contributed by atoms with E-state index in [4.69, 9.17) is 4.74 Å². The second-order valence-corrected chi connectivity index (χ2v) is 4.39. The molecule has 1 unspecified atom stereocenters. The topological polar surface area (TPSA) is 9.23 Å². The summed E-state index contributed by atoms with van der Waals surface area (Å²) in [5.74, 6) is 0. The van der Waals surface area contributed by atoms with E-state index in [9.17, 15) is 0 Å². The van der Waals surface area contributed by atoms with Crippen LogP contribution in [0.5, 0.6) is 0 Å². The second kappa shape index (κ2) is 7.08. The Morgan fingerprint density at radius 1 is 1.24 bits per heavy atom. The van der Waals surface area contributed by atoms with Crippen LogP contribution in [-0.2, 0) is 11.3 Å². The highest BCUT2D eigenvalue weighted by Gasteiger charge is 2.03. The van der Waals surface area contributed by atoms with Gasteiger partial charge in [0, 0.05) is 0 Å². The lowest BCUT2D eigenvalue weighted by Crippen LogP contribution is -2.08. The molecular weight excluding hydrogens is 208 g/mol. The zero-order chi connectivity index (χ0) is 12.7. The van der Waals surface area contributed by atoms with E-state index in [1.807, 2.05) is 19.1 Å². The summed E-state index contributed by atoms with van der Waals surface area (Å²) in [5.41, 5.74) is 3.80. The highest BCUT2D eigenvalue weighted by atomic mass is 16.5. The molecule has 92 valence electrons. The molecule has 1 aromatic carbocycles. The fraction of sp³-hybridized carbons (Fsp3) is 0.375. The molecule has 0 saturated carbocycles. The third kappa shape index (κ3) is 5.01. The highest BCUT2D eigenvalue weighted by molar-refractivity contribution is 5.28. The van der Waals surface area contributed by atoms with E-state index in [2.05, 4.69) is 44.7 Å². The molecule has 17 heavy (non-hydrogen) atoms. The van der Waals surface area contributed by atoms with E-state index < -0.39 is 0 Å². The highest BCUT2D eigenvalue weighted by Crippen LogP contribution is 2.12. The Labute approximate surface area is 105 Å². The first-order valence-electron chi connectivity index (χ1n) is 6.08. The number of allylic oxidation sites excluding steroid dienone is 1. The lowest BCUT2D eigenvalue weighted by atomic mass is 10.1. The quantitative estimate of drug-likeness (QED) is 0.660. The molecule has 1 nitrogen and oxygen atoms in total. The Hall–Kier alpha value is -1.34. The maximum absolute atomic E-state index is 5.82. The average molecular weight is 230 g/mol. The van der Waals surface area contributed by atoms with E-state index >= 15 is 0 Å². The van der Waals surface area contributed by atoms with Crippen molar-refractivity contribution in [2.24, 2.45) is 0 Å². The van der Waals surface area contributed by atoms with Crippen LogP contribution in [-0.4, -0.2) is 6.10 Å². The van der Waals surface area contributed by atoms with Gasteiger partial charge in [-0.25, -0.2) is 0 Å². The van der Waals surface area contributed by atoms with Crippen LogP contribution in [0.1, 0.15) is 30.0 Å². The minimum absolute atomic E-state index is 0.104. The first kappa shape index (κ1) is 13.7. The van der Waals surface area contributed by atoms with Crippen LogP contribution in [0.3, 0.4) is 0 Å². The van der Waals surface area contributed by atoms with Crippen molar-refractivity contribution in [3.05, 3.63) is 59.7 Å². The molecule has 0 aromatic heterocycles. The fourth-order valence-corrected chi connectivity index (χ4v) is 1.86. The van der Waals surface area contributed by atoms with Crippen molar-refractivity contribution in [2.45, 2.75) is 39.9 Å². The zero-order valence-corrected chi connectivity index (χ0v) is 11.1. The number of benzene rings is 1. The molecule has 0 spiro atoms. The molecule has 0 N–H and O–H groups in total. The van der Waals surface area contributed by atoms with Gasteiger partial charge in [0.25, 0.3) is 0 Å². The monoisotopic (exact) mass is 230 g/mol. The van der Waals surface area contributed by atoms with Gasteiger partial charge in [0.15, 0.2) is 0 Å². The van der Waals surface area contributed by atoms with Crippen molar-refractivity contribution in [2.75, 3.05) is 0 Å². The summed E-state index contributed by atoms with van der Waals surface area (Å²) >= 11 is 0. The SMILES string of the molecule is C=CC(C/C=C\C)OCc1cc(C)cc(C)c1. The Morgan fingerprint density at radius 2 is 1.88 bits per heavy atom. The van der Waals surface area contributed by atoms with Crippen LogP contribution in [0.4, 0.5) is 0 Å². The summed E-state index contributed by atoms with van der Waals surface area (Å²) < 4.78 is 5.82. The minimum atomic E-state index is 0.104. The number of hydrogen-bond donors (Lipinski definition) is 0. The van der Waals surface area contributed by atoms with Gasteiger partial charge in [0.05, 0.1) is 12.7 Å². The Morgan fingerprint density at radius 3 is 2.41 bits per heavy atom. The summed E-state index contributed by atoms with van der Waals surface area (Å²) in [7, 11) is 0. The van der Waals surface area contributed by atoms with Crippen molar-refractivity contribution in [1.82, 2.24) is 0 Å². The maximum Gasteiger partial charge on any atom is 0.0792 e. The molecule has 1 heteroatoms. The molecule has 0 aliphatic rings. The first-order valence-corrected chi connectivity index (χ1v) is 6.08. The van der Waals surface area contributed by atoms with Crippen molar-refractivity contribution < 1.29 is 4.74 Å². The van der Waals surface area contributed by atoms with Gasteiger partial charge in [-0.1, -0.05) is 47.6 Å². The molecule has 1 rings (SSSR count). The van der Waals surface area contributed by atoms with Gasteiger partial charge in [-0.3, -0.25) is 0 Å². The summed E-state index contributed by atoms with van der Waals surface area (Å²) in [6.45, 7) is 10.7. The van der Waals surface area contributed by atoms with Gasteiger partial charge < -0.3 is 4.74 Å². The fourth-order valence-electron chi connectivity index (χ4n) is 1.86. The molecule has 0 saturated heterocycles. The van der Waals surface area contributed by atoms with Crippen molar-refractivity contribution >= 4 is 0 Å². The van der Waals surface area contributed by atoms with Crippen LogP contribution in [0.2, 0.25) is 0 Å². The number of hydrogen-bond acceptors (Lipinski definition) is 1. The van der Waals surface area contributed by atoms with Gasteiger partial charge in [-0.2, -0.15) is 0 Å². The minimum Gasteiger partial charge on any atom is -0.369 e. The standard InChI is InChI=1S/C16H22O/c1-5-7-8-16(6-2)17-12-15-10-13(3)9-14(4)11-15/h5-7,9-11,16H,2,8,12H2,1,3-4H3/b7-5-. The van der Waals surface area contributed by atoms with E-state index in [0.29, 0.717) is 6.61 Å². The van der Waals surface area contributed by atoms with Gasteiger partial charge in [0.2, 0.25) is 0 Å². The largest absolute Gasteiger partial charge is 0.369 e. The van der Waals surface area contributed by atoms with E-state index in [1.54, 1.807) is 0 Å². The van der Waals surface area contributed by atoms with E-state index in [-0.39, 0.29) is 6.10 Å². The van der Waals surface area contributed by atoms with Gasteiger partial charge in [-0.05, 0) is 32.8 Å². The molecule has 0 amide bonds.